The van der Waals surface area contributed by atoms with Crippen molar-refractivity contribution in [3.63, 3.8) is 0 Å². The Labute approximate surface area is 211 Å². The molecule has 0 aliphatic carbocycles. The highest BCUT2D eigenvalue weighted by Gasteiger charge is 2.15. The van der Waals surface area contributed by atoms with Gasteiger partial charge in [0.05, 0.1) is 18.9 Å². The molecule has 2 aromatic carbocycles. The Morgan fingerprint density at radius 2 is 1.86 bits per heavy atom. The first-order valence-corrected chi connectivity index (χ1v) is 12.3. The predicted molar refractivity (Wildman–Crippen MR) is 145 cm³/mol. The number of morpholine rings is 1. The van der Waals surface area contributed by atoms with Crippen LogP contribution in [-0.4, -0.2) is 64.5 Å². The van der Waals surface area contributed by atoms with E-state index in [-0.39, 0.29) is 0 Å². The van der Waals surface area contributed by atoms with Crippen molar-refractivity contribution in [2.45, 2.75) is 13.8 Å². The van der Waals surface area contributed by atoms with Crippen molar-refractivity contribution in [1.82, 2.24) is 19.3 Å². The monoisotopic (exact) mass is 484 g/mol. The predicted octanol–water partition coefficient (Wildman–Crippen LogP) is 4.23. The maximum atomic E-state index is 8.53. The lowest BCUT2D eigenvalue weighted by atomic mass is 10.1. The van der Waals surface area contributed by atoms with Gasteiger partial charge in [-0.3, -0.25) is 5.41 Å². The number of nitrogens with two attached hydrogens (primary N) is 1. The number of anilines is 4. The minimum absolute atomic E-state index is 0.435. The number of hydrogen-bond donors (Lipinski definition) is 3. The van der Waals surface area contributed by atoms with Crippen molar-refractivity contribution >= 4 is 34.4 Å². The van der Waals surface area contributed by atoms with Crippen LogP contribution in [0.15, 0.2) is 61.1 Å². The minimum atomic E-state index is 0.435. The van der Waals surface area contributed by atoms with Gasteiger partial charge in [-0.1, -0.05) is 6.07 Å². The summed E-state index contributed by atoms with van der Waals surface area (Å²) in [4.78, 5) is 13.7. The fourth-order valence-corrected chi connectivity index (χ4v) is 4.52. The summed E-state index contributed by atoms with van der Waals surface area (Å²) in [6, 6.07) is 14.1. The van der Waals surface area contributed by atoms with Crippen LogP contribution in [0.25, 0.3) is 16.9 Å². The molecule has 0 unspecified atom stereocenters. The molecule has 3 heterocycles. The first-order chi connectivity index (χ1) is 17.6. The summed E-state index contributed by atoms with van der Waals surface area (Å²) >= 11 is 0. The van der Waals surface area contributed by atoms with Gasteiger partial charge in [-0.25, -0.2) is 9.97 Å². The van der Waals surface area contributed by atoms with Gasteiger partial charge in [0.2, 0.25) is 0 Å². The summed E-state index contributed by atoms with van der Waals surface area (Å²) in [7, 11) is 0. The molecule has 36 heavy (non-hydrogen) atoms. The van der Waals surface area contributed by atoms with E-state index in [1.54, 1.807) is 6.20 Å². The highest BCUT2D eigenvalue weighted by atomic mass is 16.5. The van der Waals surface area contributed by atoms with E-state index in [1.165, 1.54) is 5.69 Å². The Morgan fingerprint density at radius 1 is 1.11 bits per heavy atom. The van der Waals surface area contributed by atoms with Gasteiger partial charge in [-0.15, -0.1) is 0 Å². The highest BCUT2D eigenvalue weighted by molar-refractivity contribution is 6.01. The van der Waals surface area contributed by atoms with Gasteiger partial charge < -0.3 is 30.0 Å². The second-order valence-electron chi connectivity index (χ2n) is 8.73. The third-order valence-corrected chi connectivity index (χ3v) is 6.56. The third-order valence-electron chi connectivity index (χ3n) is 6.56. The molecule has 0 radical (unpaired) electrons. The molecule has 5 rings (SSSR count). The van der Waals surface area contributed by atoms with Gasteiger partial charge in [-0.2, -0.15) is 0 Å². The van der Waals surface area contributed by atoms with E-state index in [4.69, 9.17) is 20.9 Å². The highest BCUT2D eigenvalue weighted by Crippen LogP contribution is 2.28. The van der Waals surface area contributed by atoms with Crippen molar-refractivity contribution in [2.24, 2.45) is 0 Å². The number of aromatic nitrogens is 3. The summed E-state index contributed by atoms with van der Waals surface area (Å²) in [6.07, 6.45) is 5.61. The summed E-state index contributed by atoms with van der Waals surface area (Å²) in [6.45, 7) is 8.93. The van der Waals surface area contributed by atoms with E-state index in [1.807, 2.05) is 53.7 Å². The van der Waals surface area contributed by atoms with Crippen LogP contribution in [0, 0.1) is 5.41 Å². The van der Waals surface area contributed by atoms with E-state index < -0.39 is 0 Å². The molecule has 2 aromatic heterocycles. The molecule has 1 aliphatic heterocycles. The number of nitrogens with zero attached hydrogens (tertiary/aromatic N) is 5. The maximum Gasteiger partial charge on any atom is 0.180 e. The Hall–Kier alpha value is -4.11. The van der Waals surface area contributed by atoms with Crippen LogP contribution in [-0.2, 0) is 4.74 Å². The number of fused-ring (bicyclic) bond motifs is 1. The fraction of sp³-hybridized carbons (Fsp3) is 0.296. The van der Waals surface area contributed by atoms with E-state index in [0.717, 1.165) is 67.5 Å². The zero-order chi connectivity index (χ0) is 25.1. The first-order valence-electron chi connectivity index (χ1n) is 12.3. The molecule has 9 nitrogen and oxygen atoms in total. The average Bonchev–Trinajstić information content (AvgIpc) is 3.39. The van der Waals surface area contributed by atoms with Crippen LogP contribution < -0.4 is 16.0 Å². The zero-order valence-corrected chi connectivity index (χ0v) is 20.7. The number of benzene rings is 2. The van der Waals surface area contributed by atoms with Crippen LogP contribution in [0.3, 0.4) is 0 Å². The van der Waals surface area contributed by atoms with Gasteiger partial charge in [0.15, 0.2) is 11.5 Å². The van der Waals surface area contributed by atoms with Gasteiger partial charge in [0, 0.05) is 73.0 Å². The first kappa shape index (κ1) is 23.6. The molecule has 1 saturated heterocycles. The van der Waals surface area contributed by atoms with Gasteiger partial charge in [-0.05, 0) is 50.2 Å². The molecule has 4 N–H and O–H groups in total. The SMILES string of the molecule is CCN(CC)C(=N)c1ccc(-c2cn3ccnc3c(Nc3ccc(N4CCOCC4)cc3)n2)cc1N. The van der Waals surface area contributed by atoms with Crippen molar-refractivity contribution in [2.75, 3.05) is 55.3 Å². The summed E-state index contributed by atoms with van der Waals surface area (Å²) in [5, 5.41) is 12.0. The normalized spacial score (nSPS) is 13.7. The standard InChI is InChI=1S/C27H32N8O/c1-3-33(4-2)25(29)22-10-5-19(17-23(22)28)24-18-35-12-11-30-27(35)26(32-24)31-20-6-8-21(9-7-20)34-13-15-36-16-14-34/h5-12,17-18,29H,3-4,13-16,28H2,1-2H3,(H,31,32). The molecule has 4 aromatic rings. The van der Waals surface area contributed by atoms with Crippen molar-refractivity contribution in [3.8, 4) is 11.3 Å². The number of hydrogen-bond acceptors (Lipinski definition) is 7. The van der Waals surface area contributed by atoms with E-state index >= 15 is 0 Å². The molecule has 0 amide bonds. The molecule has 1 fully saturated rings. The molecular formula is C27H32N8O. The number of amidine groups is 1. The Morgan fingerprint density at radius 3 is 2.56 bits per heavy atom. The number of nitrogen functional groups attached to an aromatic ring is 1. The molecule has 0 saturated carbocycles. The summed E-state index contributed by atoms with van der Waals surface area (Å²) in [5.74, 6) is 1.10. The molecule has 1 aliphatic rings. The van der Waals surface area contributed by atoms with Gasteiger partial charge >= 0.3 is 0 Å². The largest absolute Gasteiger partial charge is 0.398 e. The second kappa shape index (κ2) is 10.2. The molecule has 9 heteroatoms. The fourth-order valence-electron chi connectivity index (χ4n) is 4.52. The number of imidazole rings is 1. The molecule has 0 bridgehead atoms. The molecule has 0 spiro atoms. The van der Waals surface area contributed by atoms with Crippen LogP contribution in [0.5, 0.6) is 0 Å². The number of rotatable bonds is 7. The van der Waals surface area contributed by atoms with E-state index in [0.29, 0.717) is 17.3 Å². The number of ether oxygens (including phenoxy) is 1. The van der Waals surface area contributed by atoms with Gasteiger partial charge in [0.25, 0.3) is 0 Å². The average molecular weight is 485 g/mol. The van der Waals surface area contributed by atoms with Crippen LogP contribution >= 0.6 is 0 Å². The summed E-state index contributed by atoms with van der Waals surface area (Å²) in [5.41, 5.74) is 12.2. The number of nitrogens with one attached hydrogen (secondary N) is 2. The molecule has 0 atom stereocenters. The van der Waals surface area contributed by atoms with Crippen molar-refractivity contribution in [1.29, 1.82) is 5.41 Å². The Bertz CT molecular complexity index is 1350. The molecular weight excluding hydrogens is 452 g/mol. The maximum absolute atomic E-state index is 8.53. The lowest BCUT2D eigenvalue weighted by Crippen LogP contribution is -2.36. The van der Waals surface area contributed by atoms with Crippen molar-refractivity contribution < 1.29 is 4.74 Å². The second-order valence-corrected chi connectivity index (χ2v) is 8.73. The van der Waals surface area contributed by atoms with Crippen LogP contribution in [0.4, 0.5) is 22.9 Å². The third kappa shape index (κ3) is 4.70. The quantitative estimate of drug-likeness (QED) is 0.205. The van der Waals surface area contributed by atoms with Gasteiger partial charge in [0.1, 0.15) is 5.84 Å². The zero-order valence-electron chi connectivity index (χ0n) is 20.7. The Balaban J connectivity index is 1.43. The van der Waals surface area contributed by atoms with E-state index in [2.05, 4.69) is 39.5 Å². The topological polar surface area (TPSA) is 108 Å². The van der Waals surface area contributed by atoms with Crippen LogP contribution in [0.1, 0.15) is 19.4 Å². The minimum Gasteiger partial charge on any atom is -0.398 e. The smallest absolute Gasteiger partial charge is 0.180 e. The van der Waals surface area contributed by atoms with Crippen LogP contribution in [0.2, 0.25) is 0 Å². The van der Waals surface area contributed by atoms with Crippen molar-refractivity contribution in [3.05, 3.63) is 66.6 Å². The lowest BCUT2D eigenvalue weighted by Gasteiger charge is -2.28. The summed E-state index contributed by atoms with van der Waals surface area (Å²) < 4.78 is 7.41. The molecule has 186 valence electrons. The Kier molecular flexibility index (Phi) is 6.73. The van der Waals surface area contributed by atoms with E-state index in [9.17, 15) is 0 Å². The lowest BCUT2D eigenvalue weighted by molar-refractivity contribution is 0.122.